The maximum atomic E-state index is 2.39. The van der Waals surface area contributed by atoms with E-state index >= 15 is 0 Å². The summed E-state index contributed by atoms with van der Waals surface area (Å²) >= 11 is 1.85. The molecule has 214 valence electrons. The fourth-order valence-corrected chi connectivity index (χ4v) is 7.33. The van der Waals surface area contributed by atoms with Crippen LogP contribution in [0.15, 0.2) is 182 Å². The van der Waals surface area contributed by atoms with Gasteiger partial charge < -0.3 is 9.80 Å². The Kier molecular flexibility index (Phi) is 7.07. The number of thiophene rings is 1. The van der Waals surface area contributed by atoms with Gasteiger partial charge in [0.2, 0.25) is 0 Å². The first kappa shape index (κ1) is 26.9. The minimum absolute atomic E-state index is 1.11. The van der Waals surface area contributed by atoms with Crippen LogP contribution in [-0.4, -0.2) is 0 Å². The number of hydrogen-bond acceptors (Lipinski definition) is 3. The molecule has 3 heteroatoms. The van der Waals surface area contributed by atoms with E-state index in [9.17, 15) is 0 Å². The molecule has 0 aliphatic rings. The molecule has 2 nitrogen and oxygen atoms in total. The van der Waals surface area contributed by atoms with Crippen LogP contribution in [0.4, 0.5) is 34.1 Å². The largest absolute Gasteiger partial charge is 0.310 e. The number of para-hydroxylation sites is 4. The van der Waals surface area contributed by atoms with Gasteiger partial charge in [0.25, 0.3) is 0 Å². The normalized spacial score (nSPS) is 11.1. The van der Waals surface area contributed by atoms with Gasteiger partial charge in [0.15, 0.2) is 0 Å². The fourth-order valence-electron chi connectivity index (χ4n) is 6.24. The molecule has 0 fully saturated rings. The number of anilines is 6. The predicted octanol–water partition coefficient (Wildman–Crippen LogP) is 12.7. The molecule has 0 saturated carbocycles. The van der Waals surface area contributed by atoms with Crippen molar-refractivity contribution >= 4 is 65.6 Å². The molecule has 0 atom stereocenters. The zero-order valence-electron chi connectivity index (χ0n) is 24.6. The Morgan fingerprint density at radius 1 is 0.333 bits per heavy atom. The molecule has 1 heterocycles. The summed E-state index contributed by atoms with van der Waals surface area (Å²) in [6, 6.07) is 65.1. The van der Waals surface area contributed by atoms with Crippen molar-refractivity contribution < 1.29 is 0 Å². The van der Waals surface area contributed by atoms with Gasteiger partial charge in [-0.1, -0.05) is 103 Å². The molecule has 45 heavy (non-hydrogen) atoms. The lowest BCUT2D eigenvalue weighted by Gasteiger charge is -2.33. The Balaban J connectivity index is 1.46. The van der Waals surface area contributed by atoms with Gasteiger partial charge in [0.1, 0.15) is 0 Å². The Morgan fingerprint density at radius 2 is 0.756 bits per heavy atom. The highest BCUT2D eigenvalue weighted by atomic mass is 32.1. The van der Waals surface area contributed by atoms with E-state index in [-0.39, 0.29) is 0 Å². The molecule has 0 bridgehead atoms. The summed E-state index contributed by atoms with van der Waals surface area (Å²) in [4.78, 5) is 4.76. The third-order valence-corrected chi connectivity index (χ3v) is 9.38. The quantitative estimate of drug-likeness (QED) is 0.181. The Morgan fingerprint density at radius 3 is 1.24 bits per heavy atom. The fraction of sp³-hybridized carbons (Fsp3) is 0. The SMILES string of the molecule is c1ccc(N(c2ccccc2)c2cccc(N(c3ccccc3)c3ccccc3)c2-c2ccc3sc4ccccc4c3c2)cc1. The van der Waals surface area contributed by atoms with E-state index in [1.54, 1.807) is 0 Å². The molecule has 0 spiro atoms. The maximum absolute atomic E-state index is 2.39. The van der Waals surface area contributed by atoms with E-state index in [1.165, 1.54) is 25.7 Å². The van der Waals surface area contributed by atoms with Crippen LogP contribution in [0.2, 0.25) is 0 Å². The third-order valence-electron chi connectivity index (χ3n) is 8.23. The predicted molar refractivity (Wildman–Crippen MR) is 194 cm³/mol. The van der Waals surface area contributed by atoms with Crippen LogP contribution >= 0.6 is 11.3 Å². The topological polar surface area (TPSA) is 6.48 Å². The summed E-state index contributed by atoms with van der Waals surface area (Å²) in [5, 5.41) is 2.58. The minimum Gasteiger partial charge on any atom is -0.310 e. The zero-order chi connectivity index (χ0) is 30.0. The van der Waals surface area contributed by atoms with Crippen LogP contribution in [0.3, 0.4) is 0 Å². The second-order valence-corrected chi connectivity index (χ2v) is 12.1. The van der Waals surface area contributed by atoms with Crippen molar-refractivity contribution in [3.63, 3.8) is 0 Å². The molecule has 0 amide bonds. The van der Waals surface area contributed by atoms with Crippen molar-refractivity contribution in [1.82, 2.24) is 0 Å². The minimum atomic E-state index is 1.11. The van der Waals surface area contributed by atoms with Gasteiger partial charge >= 0.3 is 0 Å². The maximum Gasteiger partial charge on any atom is 0.0561 e. The molecule has 1 aromatic heterocycles. The lowest BCUT2D eigenvalue weighted by atomic mass is 9.96. The van der Waals surface area contributed by atoms with E-state index in [4.69, 9.17) is 0 Å². The van der Waals surface area contributed by atoms with Crippen molar-refractivity contribution in [3.05, 3.63) is 182 Å². The summed E-state index contributed by atoms with van der Waals surface area (Å²) in [7, 11) is 0. The van der Waals surface area contributed by atoms with Gasteiger partial charge in [-0.15, -0.1) is 11.3 Å². The highest BCUT2D eigenvalue weighted by Crippen LogP contribution is 2.49. The van der Waals surface area contributed by atoms with Crippen molar-refractivity contribution in [2.24, 2.45) is 0 Å². The van der Waals surface area contributed by atoms with Crippen molar-refractivity contribution in [1.29, 1.82) is 0 Å². The molecular weight excluding hydrogens is 565 g/mol. The smallest absolute Gasteiger partial charge is 0.0561 e. The molecule has 0 aliphatic carbocycles. The zero-order valence-corrected chi connectivity index (χ0v) is 25.4. The van der Waals surface area contributed by atoms with Crippen LogP contribution in [0.1, 0.15) is 0 Å². The van der Waals surface area contributed by atoms with Crippen LogP contribution < -0.4 is 9.80 Å². The summed E-state index contributed by atoms with van der Waals surface area (Å²) < 4.78 is 2.61. The first-order valence-corrected chi connectivity index (χ1v) is 16.0. The Hall–Kier alpha value is -5.64. The molecule has 8 rings (SSSR count). The summed E-state index contributed by atoms with van der Waals surface area (Å²) in [5.74, 6) is 0. The first-order chi connectivity index (χ1) is 22.3. The molecular formula is C42H30N2S. The van der Waals surface area contributed by atoms with Crippen LogP contribution in [0.5, 0.6) is 0 Å². The second-order valence-electron chi connectivity index (χ2n) is 11.0. The average Bonchev–Trinajstić information content (AvgIpc) is 3.49. The van der Waals surface area contributed by atoms with E-state index in [2.05, 4.69) is 192 Å². The highest BCUT2D eigenvalue weighted by Gasteiger charge is 2.24. The lowest BCUT2D eigenvalue weighted by molar-refractivity contribution is 1.25. The van der Waals surface area contributed by atoms with E-state index < -0.39 is 0 Å². The van der Waals surface area contributed by atoms with Crippen LogP contribution in [0.25, 0.3) is 31.3 Å². The van der Waals surface area contributed by atoms with Crippen molar-refractivity contribution in [3.8, 4) is 11.1 Å². The molecule has 0 N–H and O–H groups in total. The van der Waals surface area contributed by atoms with Gasteiger partial charge in [0, 0.05) is 48.5 Å². The number of nitrogens with zero attached hydrogens (tertiary/aromatic N) is 2. The Labute approximate surface area is 267 Å². The summed E-state index contributed by atoms with van der Waals surface area (Å²) in [6.45, 7) is 0. The van der Waals surface area contributed by atoms with Crippen LogP contribution in [0, 0.1) is 0 Å². The summed E-state index contributed by atoms with van der Waals surface area (Å²) in [5.41, 5.74) is 8.98. The lowest BCUT2D eigenvalue weighted by Crippen LogP contribution is -2.15. The van der Waals surface area contributed by atoms with Gasteiger partial charge in [-0.2, -0.15) is 0 Å². The van der Waals surface area contributed by atoms with E-state index in [0.29, 0.717) is 0 Å². The van der Waals surface area contributed by atoms with Gasteiger partial charge in [0.05, 0.1) is 11.4 Å². The molecule has 0 unspecified atom stereocenters. The molecule has 0 saturated heterocycles. The standard InChI is InChI=1S/C42H30N2S/c1-5-16-32(17-6-1)43(33-18-7-2-8-19-33)38-25-15-26-39(44(34-20-9-3-10-21-34)35-22-11-4-12-23-35)42(38)31-28-29-41-37(30-31)36-24-13-14-27-40(36)45-41/h1-30H. The monoisotopic (exact) mass is 594 g/mol. The second kappa shape index (κ2) is 11.8. The third kappa shape index (κ3) is 5.04. The number of rotatable bonds is 7. The van der Waals surface area contributed by atoms with E-state index in [0.717, 1.165) is 39.7 Å². The van der Waals surface area contributed by atoms with E-state index in [1.807, 2.05) is 11.3 Å². The first-order valence-electron chi connectivity index (χ1n) is 15.2. The van der Waals surface area contributed by atoms with Crippen molar-refractivity contribution in [2.45, 2.75) is 0 Å². The number of fused-ring (bicyclic) bond motifs is 3. The van der Waals surface area contributed by atoms with Gasteiger partial charge in [-0.25, -0.2) is 0 Å². The molecule has 0 aliphatic heterocycles. The number of hydrogen-bond donors (Lipinski definition) is 0. The molecule has 7 aromatic carbocycles. The average molecular weight is 595 g/mol. The van der Waals surface area contributed by atoms with Gasteiger partial charge in [-0.3, -0.25) is 0 Å². The summed E-state index contributed by atoms with van der Waals surface area (Å²) in [6.07, 6.45) is 0. The Bertz CT molecular complexity index is 2030. The van der Waals surface area contributed by atoms with Gasteiger partial charge in [-0.05, 0) is 84.4 Å². The molecule has 8 aromatic rings. The van der Waals surface area contributed by atoms with Crippen molar-refractivity contribution in [2.75, 3.05) is 9.80 Å². The highest BCUT2D eigenvalue weighted by molar-refractivity contribution is 7.25. The van der Waals surface area contributed by atoms with Crippen LogP contribution in [-0.2, 0) is 0 Å². The number of benzene rings is 7. The molecule has 0 radical (unpaired) electrons.